The van der Waals surface area contributed by atoms with Crippen LogP contribution in [0.2, 0.25) is 0 Å². The van der Waals surface area contributed by atoms with Crippen molar-refractivity contribution < 1.29 is 77.1 Å². The molecule has 0 unspecified atom stereocenters. The Bertz CT molecular complexity index is 1550. The van der Waals surface area contributed by atoms with Gasteiger partial charge in [0.1, 0.15) is 18.3 Å². The van der Waals surface area contributed by atoms with Crippen LogP contribution in [0.1, 0.15) is 75.4 Å². The zero-order valence-corrected chi connectivity index (χ0v) is 37.7. The lowest BCUT2D eigenvalue weighted by Crippen LogP contribution is -2.64. The first-order valence-electron chi connectivity index (χ1n) is 20.8. The summed E-state index contributed by atoms with van der Waals surface area (Å²) in [7, 11) is 7.52. The molecule has 4 fully saturated rings. The van der Waals surface area contributed by atoms with Crippen molar-refractivity contribution in [1.82, 2.24) is 10.8 Å². The summed E-state index contributed by atoms with van der Waals surface area (Å²) in [6, 6.07) is -0.778. The summed E-state index contributed by atoms with van der Waals surface area (Å²) in [5, 5.41) is 36.5. The Balaban J connectivity index is 1.25. The van der Waals surface area contributed by atoms with Crippen LogP contribution in [0, 0.1) is 19.8 Å². The summed E-state index contributed by atoms with van der Waals surface area (Å²) in [6.45, 7) is 14.2. The minimum absolute atomic E-state index is 0.00531. The van der Waals surface area contributed by atoms with Crippen LogP contribution in [0.15, 0.2) is 0 Å². The summed E-state index contributed by atoms with van der Waals surface area (Å²) >= 11 is 0.942. The Morgan fingerprint density at radius 3 is 2.12 bits per heavy atom. The molecule has 18 nitrogen and oxygen atoms in total. The molecule has 0 aromatic heterocycles. The number of aliphatic hydroxyl groups is 3. The fraction of sp³-hybridized carbons (Fsp3) is 0.829. The molecule has 1 aromatic rings. The second-order valence-corrected chi connectivity index (χ2v) is 17.0. The third-order valence-corrected chi connectivity index (χ3v) is 13.5. The second-order valence-electron chi connectivity index (χ2n) is 15.8. The normalized spacial score (nSPS) is 38.7. The van der Waals surface area contributed by atoms with Gasteiger partial charge in [0.2, 0.25) is 17.2 Å². The lowest BCUT2D eigenvalue weighted by atomic mass is 9.91. The smallest absolute Gasteiger partial charge is 0.229 e. The van der Waals surface area contributed by atoms with E-state index in [1.165, 1.54) is 28.4 Å². The van der Waals surface area contributed by atoms with Crippen LogP contribution >= 0.6 is 11.8 Å². The van der Waals surface area contributed by atoms with E-state index >= 15 is 0 Å². The van der Waals surface area contributed by atoms with E-state index in [-0.39, 0.29) is 58.5 Å². The van der Waals surface area contributed by atoms with Gasteiger partial charge in [0.25, 0.3) is 0 Å². The molecule has 1 aromatic carbocycles. The van der Waals surface area contributed by atoms with Gasteiger partial charge in [-0.2, -0.15) is 5.48 Å². The standard InChI is InChI=1S/C41H68N2O16S/c1-13-25-38(60-39(47)29-18(3)19(4)34(37(51-11)35(29)50-10)58-40-32(46)33(49-9)20(5)21(6)54-40)24(44)15-28(56-25)59-43-30-22(7)55-41(52-12)36(31(30)45)57-27-16-26(48-8)23(17-53-27)42-14-2/h20-28,30-33,36,38,40-46H,13-17H2,1-12H3/t20-,21-,22+,23-,24-,25+,26-,27-,28-,30+,31-,32+,33+,36+,38-,40-,41+/m0/s1. The summed E-state index contributed by atoms with van der Waals surface area (Å²) in [6.07, 6.45) is -9.04. The predicted octanol–water partition coefficient (Wildman–Crippen LogP) is 2.35. The van der Waals surface area contributed by atoms with Crippen LogP contribution in [0.3, 0.4) is 0 Å². The van der Waals surface area contributed by atoms with E-state index in [4.69, 9.17) is 56.9 Å². The average Bonchev–Trinajstić information content (AvgIpc) is 3.23. The quantitative estimate of drug-likeness (QED) is 0.142. The van der Waals surface area contributed by atoms with Gasteiger partial charge in [0, 0.05) is 40.1 Å². The SMILES string of the molecule is CCN[C@H]1CO[C@@H](O[C@H]2[C@H](OC)O[C@H](C)[C@@H](NO[C@H]3C[C@H](O)[C@H](SC(=O)c4c(C)c(C)c(O[C@@H]5O[C@@H](C)[C@H](C)[C@@H](OC)[C@H]5O)c(OC)c4OC)[C@@H](CC)O3)[C@@H]2O)C[C@@H]1OC. The first-order valence-corrected chi connectivity index (χ1v) is 21.7. The number of carbonyl (C=O) groups excluding carboxylic acids is 1. The molecule has 4 saturated heterocycles. The molecule has 4 aliphatic rings. The highest BCUT2D eigenvalue weighted by Gasteiger charge is 2.49. The van der Waals surface area contributed by atoms with Crippen LogP contribution in [0.25, 0.3) is 0 Å². The highest BCUT2D eigenvalue weighted by atomic mass is 32.2. The third kappa shape index (κ3) is 10.5. The van der Waals surface area contributed by atoms with E-state index in [1.54, 1.807) is 27.9 Å². The molecular weight excluding hydrogens is 809 g/mol. The lowest BCUT2D eigenvalue weighted by molar-refractivity contribution is -0.330. The molecule has 4 heterocycles. The molecule has 0 saturated carbocycles. The molecule has 0 amide bonds. The zero-order valence-electron chi connectivity index (χ0n) is 36.9. The maximum Gasteiger partial charge on any atom is 0.229 e. The van der Waals surface area contributed by atoms with E-state index < -0.39 is 79.2 Å². The number of hydroxylamine groups is 1. The molecule has 0 aliphatic carbocycles. The number of aliphatic hydroxyl groups excluding tert-OH is 3. The number of nitrogens with one attached hydrogen (secondary N) is 2. The molecule has 0 bridgehead atoms. The highest BCUT2D eigenvalue weighted by molar-refractivity contribution is 8.14. The molecule has 0 spiro atoms. The van der Waals surface area contributed by atoms with Crippen LogP contribution in [0.4, 0.5) is 0 Å². The van der Waals surface area contributed by atoms with Crippen LogP contribution in [-0.2, 0) is 42.7 Å². The number of benzene rings is 1. The molecule has 17 atom stereocenters. The maximum atomic E-state index is 14.3. The van der Waals surface area contributed by atoms with Crippen molar-refractivity contribution in [2.45, 2.75) is 165 Å². The predicted molar refractivity (Wildman–Crippen MR) is 218 cm³/mol. The fourth-order valence-electron chi connectivity index (χ4n) is 8.44. The number of ether oxygens (including phenoxy) is 11. The number of thioether (sulfide) groups is 1. The van der Waals surface area contributed by atoms with Crippen LogP contribution in [0.5, 0.6) is 17.2 Å². The summed E-state index contributed by atoms with van der Waals surface area (Å²) < 4.78 is 65.3. The fourth-order valence-corrected chi connectivity index (χ4v) is 9.73. The molecule has 344 valence electrons. The van der Waals surface area contributed by atoms with E-state index in [9.17, 15) is 20.1 Å². The van der Waals surface area contributed by atoms with E-state index in [0.29, 0.717) is 30.6 Å². The largest absolute Gasteiger partial charge is 0.492 e. The van der Waals surface area contributed by atoms with Crippen molar-refractivity contribution in [3.63, 3.8) is 0 Å². The van der Waals surface area contributed by atoms with E-state index in [2.05, 4.69) is 10.8 Å². The van der Waals surface area contributed by atoms with E-state index in [0.717, 1.165) is 18.3 Å². The molecule has 0 radical (unpaired) electrons. The van der Waals surface area contributed by atoms with Gasteiger partial charge in [-0.1, -0.05) is 32.5 Å². The number of rotatable bonds is 17. The van der Waals surface area contributed by atoms with Crippen molar-refractivity contribution in [3.05, 3.63) is 16.7 Å². The highest BCUT2D eigenvalue weighted by Crippen LogP contribution is 2.48. The first kappa shape index (κ1) is 49.1. The molecule has 60 heavy (non-hydrogen) atoms. The van der Waals surface area contributed by atoms with E-state index in [1.807, 2.05) is 27.7 Å². The topological polar surface area (TPSA) is 213 Å². The van der Waals surface area contributed by atoms with Gasteiger partial charge in [-0.05, 0) is 51.8 Å². The average molecular weight is 877 g/mol. The Hall–Kier alpha value is -1.92. The van der Waals surface area contributed by atoms with Gasteiger partial charge in [-0.3, -0.25) is 9.63 Å². The van der Waals surface area contributed by atoms with Gasteiger partial charge in [0.15, 0.2) is 30.4 Å². The Morgan fingerprint density at radius 1 is 0.800 bits per heavy atom. The minimum Gasteiger partial charge on any atom is -0.492 e. The first-order chi connectivity index (χ1) is 28.7. The summed E-state index contributed by atoms with van der Waals surface area (Å²) in [5.41, 5.74) is 4.30. The van der Waals surface area contributed by atoms with Crippen molar-refractivity contribution in [1.29, 1.82) is 0 Å². The van der Waals surface area contributed by atoms with Gasteiger partial charge in [-0.25, -0.2) is 0 Å². The van der Waals surface area contributed by atoms with Crippen molar-refractivity contribution in [2.24, 2.45) is 5.92 Å². The molecule has 5 rings (SSSR count). The molecule has 19 heteroatoms. The van der Waals surface area contributed by atoms with Crippen molar-refractivity contribution in [3.8, 4) is 17.2 Å². The minimum atomic E-state index is -1.16. The Morgan fingerprint density at radius 2 is 1.50 bits per heavy atom. The second kappa shape index (κ2) is 22.1. The van der Waals surface area contributed by atoms with Crippen LogP contribution < -0.4 is 25.0 Å². The van der Waals surface area contributed by atoms with Crippen molar-refractivity contribution in [2.75, 3.05) is 48.7 Å². The molecular formula is C41H68N2O16S. The number of carbonyl (C=O) groups is 1. The van der Waals surface area contributed by atoms with Crippen molar-refractivity contribution >= 4 is 16.9 Å². The van der Waals surface area contributed by atoms with Crippen LogP contribution in [-0.4, -0.2) is 167 Å². The summed E-state index contributed by atoms with van der Waals surface area (Å²) in [5.74, 6) is 0.463. The zero-order chi connectivity index (χ0) is 44.0. The van der Waals surface area contributed by atoms with Gasteiger partial charge < -0.3 is 72.7 Å². The lowest BCUT2D eigenvalue weighted by Gasteiger charge is -2.45. The number of hydrogen-bond acceptors (Lipinski definition) is 19. The Kier molecular flexibility index (Phi) is 18.1. The number of hydrogen-bond donors (Lipinski definition) is 5. The molecule has 5 N–H and O–H groups in total. The molecule has 4 aliphatic heterocycles. The number of methoxy groups -OCH3 is 5. The van der Waals surface area contributed by atoms with Gasteiger partial charge in [-0.15, -0.1) is 0 Å². The summed E-state index contributed by atoms with van der Waals surface area (Å²) in [4.78, 5) is 20.2. The third-order valence-electron chi connectivity index (χ3n) is 12.2. The monoisotopic (exact) mass is 876 g/mol. The number of likely N-dealkylation sites (N-methyl/N-ethyl adjacent to an activating group) is 1. The van der Waals surface area contributed by atoms with Gasteiger partial charge in [0.05, 0.1) is 80.3 Å². The Labute approximate surface area is 357 Å². The van der Waals surface area contributed by atoms with Gasteiger partial charge >= 0.3 is 0 Å². The maximum absolute atomic E-state index is 14.3.